The number of rotatable bonds is 17. The van der Waals surface area contributed by atoms with Gasteiger partial charge in [0.2, 0.25) is 17.7 Å². The van der Waals surface area contributed by atoms with Crippen LogP contribution in [-0.2, 0) is 52.4 Å². The third kappa shape index (κ3) is 10.7. The maximum atomic E-state index is 13.2. The Labute approximate surface area is 341 Å². The second-order valence-corrected chi connectivity index (χ2v) is 15.1. The zero-order valence-electron chi connectivity index (χ0n) is 32.8. The van der Waals surface area contributed by atoms with Crippen molar-refractivity contribution in [1.82, 2.24) is 15.5 Å². The predicted molar refractivity (Wildman–Crippen MR) is 190 cm³/mol. The monoisotopic (exact) mass is 872 g/mol. The third-order valence-electron chi connectivity index (χ3n) is 10.8. The van der Waals surface area contributed by atoms with Crippen LogP contribution in [0.1, 0.15) is 40.0 Å². The highest BCUT2D eigenvalue weighted by molar-refractivity contribution is 5.87. The number of nitrogens with one attached hydrogen (secondary N) is 2. The van der Waals surface area contributed by atoms with Crippen LogP contribution >= 0.6 is 0 Å². The first-order valence-corrected chi connectivity index (χ1v) is 19.1. The topological polar surface area (TPSA) is 417 Å². The summed E-state index contributed by atoms with van der Waals surface area (Å²) in [6, 6.07) is -5.68. The van der Waals surface area contributed by atoms with Crippen LogP contribution in [0.4, 0.5) is 0 Å². The Hall–Kier alpha value is -3.29. The number of aliphatic hydroxyl groups excluding tert-OH is 9. The van der Waals surface area contributed by atoms with Crippen molar-refractivity contribution in [1.29, 1.82) is 0 Å². The largest absolute Gasteiger partial charge is 0.480 e. The van der Waals surface area contributed by atoms with Crippen molar-refractivity contribution in [2.75, 3.05) is 26.4 Å². The third-order valence-corrected chi connectivity index (χ3v) is 10.8. The molecule has 26 heteroatoms. The smallest absolute Gasteiger partial charge is 0.364 e. The fourth-order valence-electron chi connectivity index (χ4n) is 7.65. The van der Waals surface area contributed by atoms with Crippen molar-refractivity contribution in [2.24, 2.45) is 5.73 Å². The number of amides is 3. The minimum Gasteiger partial charge on any atom is -0.480 e. The summed E-state index contributed by atoms with van der Waals surface area (Å²) in [4.78, 5) is 62.8. The van der Waals surface area contributed by atoms with E-state index in [9.17, 15) is 80.1 Å². The average molecular weight is 873 g/mol. The number of ether oxygens (including phenoxy) is 6. The molecule has 19 atom stereocenters. The fraction of sp³-hybridized carbons (Fsp3) is 0.853. The lowest BCUT2D eigenvalue weighted by Crippen LogP contribution is -2.71. The lowest BCUT2D eigenvalue weighted by molar-refractivity contribution is -0.382. The van der Waals surface area contributed by atoms with E-state index in [-0.39, 0.29) is 13.0 Å². The van der Waals surface area contributed by atoms with Crippen molar-refractivity contribution < 1.29 is 109 Å². The number of carboxylic acids is 2. The molecule has 26 nitrogen and oxygen atoms in total. The van der Waals surface area contributed by atoms with E-state index in [4.69, 9.17) is 34.2 Å². The first-order valence-electron chi connectivity index (χ1n) is 19.1. The molecule has 4 fully saturated rings. The van der Waals surface area contributed by atoms with Gasteiger partial charge in [0.05, 0.1) is 38.1 Å². The van der Waals surface area contributed by atoms with Crippen LogP contribution in [0.15, 0.2) is 0 Å². The number of hydrogen-bond acceptors (Lipinski definition) is 21. The van der Waals surface area contributed by atoms with Crippen molar-refractivity contribution in [3.63, 3.8) is 0 Å². The molecular weight excluding hydrogens is 816 g/mol. The Morgan fingerprint density at radius 1 is 0.867 bits per heavy atom. The SMILES string of the molecule is CC(=O)N[C@H]1[C@H]([C@H](O)[C@H](O)CO)O[C@@](O[C@@H]2[C@H](O)[C@@H](O)C(O[C@@H]3[C@H](O)[C@@H](NC(C)=O)C(O[C@H](C)[C@H](N)C(=O)N4CCC[C@H]4C(=O)O)O[C@@H]3CO)O[C@@H]2CO)(C(=O)O)C[C@@H]1O. The number of carboxylic acid groups (broad SMARTS) is 2. The number of hydrogen-bond donors (Lipinski definition) is 14. The average Bonchev–Trinajstić information content (AvgIpc) is 3.70. The van der Waals surface area contributed by atoms with Gasteiger partial charge in [0.1, 0.15) is 79.2 Å². The number of nitrogens with two attached hydrogens (primary N) is 1. The number of carbonyl (C=O) groups is 5. The zero-order valence-corrected chi connectivity index (χ0v) is 32.8. The molecule has 4 rings (SSSR count). The molecule has 0 aromatic carbocycles. The molecule has 0 aromatic heterocycles. The number of carbonyl (C=O) groups excluding carboxylic acids is 3. The molecule has 2 unspecified atom stereocenters. The highest BCUT2D eigenvalue weighted by Gasteiger charge is 2.60. The van der Waals surface area contributed by atoms with Crippen LogP contribution in [0.25, 0.3) is 0 Å². The molecule has 4 aliphatic heterocycles. The summed E-state index contributed by atoms with van der Waals surface area (Å²) in [5, 5.41) is 120. The van der Waals surface area contributed by atoms with Crippen LogP contribution < -0.4 is 16.4 Å². The number of nitrogens with zero attached hydrogens (tertiary/aromatic N) is 1. The fourth-order valence-corrected chi connectivity index (χ4v) is 7.65. The Kier molecular flexibility index (Phi) is 17.0. The molecule has 0 aromatic rings. The van der Waals surface area contributed by atoms with Crippen molar-refractivity contribution in [3.05, 3.63) is 0 Å². The maximum Gasteiger partial charge on any atom is 0.364 e. The predicted octanol–water partition coefficient (Wildman–Crippen LogP) is -8.26. The Balaban J connectivity index is 1.54. The van der Waals surface area contributed by atoms with Gasteiger partial charge in [-0.05, 0) is 19.8 Å². The van der Waals surface area contributed by atoms with Gasteiger partial charge in [-0.15, -0.1) is 0 Å². The van der Waals surface area contributed by atoms with Gasteiger partial charge in [-0.2, -0.15) is 0 Å². The standard InChI is InChI=1S/C34H56N4O22/c1-11(19(35)29(50)38-6-4-5-14(38)30(51)52)55-31-21(37-13(3)43)23(47)26(17(9-40)56-31)58-32-25(49)24(48)27(18(10-41)57-32)59-34(33(53)54)7-15(44)20(36-12(2)42)28(60-34)22(46)16(45)8-39/h11,14-28,31-32,39-41,44-49H,4-10,35H2,1-3H3,(H,36,42)(H,37,43)(H,51,52)(H,53,54)/t11-,14+,15+,16-,17-,18-,19+,20-,21-,22-,23-,24-,25-,26+,27+,28-,31?,32?,34-/m1/s1. The minimum absolute atomic E-state index is 0.126. The number of aliphatic carboxylic acids is 2. The van der Waals surface area contributed by atoms with E-state index in [1.165, 1.54) is 6.92 Å². The van der Waals surface area contributed by atoms with E-state index < -0.39 is 172 Å². The quantitative estimate of drug-likeness (QED) is 0.0645. The molecule has 344 valence electrons. The molecule has 15 N–H and O–H groups in total. The molecular formula is C34H56N4O22. The van der Waals surface area contributed by atoms with Gasteiger partial charge >= 0.3 is 11.9 Å². The Morgan fingerprint density at radius 2 is 1.45 bits per heavy atom. The van der Waals surface area contributed by atoms with Gasteiger partial charge < -0.3 is 106 Å². The lowest BCUT2D eigenvalue weighted by Gasteiger charge is -2.51. The molecule has 4 heterocycles. The lowest BCUT2D eigenvalue weighted by atomic mass is 9.88. The second kappa shape index (κ2) is 20.7. The van der Waals surface area contributed by atoms with E-state index >= 15 is 0 Å². The molecule has 0 bridgehead atoms. The highest BCUT2D eigenvalue weighted by Crippen LogP contribution is 2.38. The van der Waals surface area contributed by atoms with Gasteiger partial charge in [0.15, 0.2) is 12.6 Å². The minimum atomic E-state index is -3.04. The summed E-state index contributed by atoms with van der Waals surface area (Å²) in [7, 11) is 0. The molecule has 0 radical (unpaired) electrons. The molecule has 4 saturated heterocycles. The molecule has 60 heavy (non-hydrogen) atoms. The Bertz CT molecular complexity index is 1510. The van der Waals surface area contributed by atoms with E-state index in [2.05, 4.69) is 10.6 Å². The highest BCUT2D eigenvalue weighted by atomic mass is 16.8. The summed E-state index contributed by atoms with van der Waals surface area (Å²) in [5.41, 5.74) is 6.15. The summed E-state index contributed by atoms with van der Waals surface area (Å²) in [6.45, 7) is 0.490. The van der Waals surface area contributed by atoms with Crippen LogP contribution in [-0.4, -0.2) is 233 Å². The summed E-state index contributed by atoms with van der Waals surface area (Å²) >= 11 is 0. The van der Waals surface area contributed by atoms with E-state index in [0.29, 0.717) is 6.42 Å². The van der Waals surface area contributed by atoms with Crippen molar-refractivity contribution in [3.8, 4) is 0 Å². The summed E-state index contributed by atoms with van der Waals surface area (Å²) in [5.74, 6) is -8.50. The zero-order chi connectivity index (χ0) is 45.0. The van der Waals surface area contributed by atoms with Crippen molar-refractivity contribution >= 4 is 29.7 Å². The van der Waals surface area contributed by atoms with Gasteiger partial charge in [-0.1, -0.05) is 0 Å². The summed E-state index contributed by atoms with van der Waals surface area (Å²) < 4.78 is 34.3. The van der Waals surface area contributed by atoms with Gasteiger partial charge in [-0.25, -0.2) is 9.59 Å². The van der Waals surface area contributed by atoms with Crippen LogP contribution in [0.2, 0.25) is 0 Å². The first-order chi connectivity index (χ1) is 28.1. The molecule has 0 spiro atoms. The Morgan fingerprint density at radius 3 is 2.00 bits per heavy atom. The van der Waals surface area contributed by atoms with E-state index in [1.54, 1.807) is 0 Å². The van der Waals surface area contributed by atoms with Crippen LogP contribution in [0.5, 0.6) is 0 Å². The van der Waals surface area contributed by atoms with Gasteiger partial charge in [0, 0.05) is 26.8 Å². The van der Waals surface area contributed by atoms with E-state index in [0.717, 1.165) is 18.7 Å². The second-order valence-electron chi connectivity index (χ2n) is 15.1. The maximum absolute atomic E-state index is 13.2. The van der Waals surface area contributed by atoms with Crippen molar-refractivity contribution in [2.45, 2.75) is 156 Å². The van der Waals surface area contributed by atoms with Gasteiger partial charge in [-0.3, -0.25) is 14.4 Å². The van der Waals surface area contributed by atoms with E-state index in [1.807, 2.05) is 0 Å². The normalized spacial score (nSPS) is 39.2. The summed E-state index contributed by atoms with van der Waals surface area (Å²) in [6.07, 6.45) is -26.8. The molecule has 3 amide bonds. The molecule has 0 saturated carbocycles. The van der Waals surface area contributed by atoms with Gasteiger partial charge in [0.25, 0.3) is 5.79 Å². The first kappa shape index (κ1) is 49.4. The van der Waals surface area contributed by atoms with Crippen LogP contribution in [0, 0.1) is 0 Å². The molecule has 4 aliphatic rings. The number of aliphatic hydroxyl groups is 9. The van der Waals surface area contributed by atoms with Crippen LogP contribution in [0.3, 0.4) is 0 Å². The number of likely N-dealkylation sites (tertiary alicyclic amines) is 1. The molecule has 0 aliphatic carbocycles.